The maximum absolute atomic E-state index is 12.4. The number of carbonyl (C=O) groups is 3. The molecule has 0 aromatic rings. The van der Waals surface area contributed by atoms with Gasteiger partial charge in [0.2, 0.25) is 5.12 Å². The van der Waals surface area contributed by atoms with Gasteiger partial charge in [0.15, 0.2) is 11.9 Å². The molecule has 0 radical (unpaired) electrons. The number of ketones is 1. The van der Waals surface area contributed by atoms with Gasteiger partial charge < -0.3 is 14.6 Å². The molecular weight excluding hydrogens is 416 g/mol. The van der Waals surface area contributed by atoms with Crippen LogP contribution in [-0.4, -0.2) is 40.5 Å². The van der Waals surface area contributed by atoms with Crippen LogP contribution in [0.15, 0.2) is 23.8 Å². The number of rotatable bonds is 4. The maximum atomic E-state index is 12.4. The molecule has 0 aliphatic heterocycles. The van der Waals surface area contributed by atoms with E-state index in [1.807, 2.05) is 6.08 Å². The average Bonchev–Trinajstić information content (AvgIpc) is 3.04. The van der Waals surface area contributed by atoms with Gasteiger partial charge in [0.1, 0.15) is 12.2 Å². The van der Waals surface area contributed by atoms with Gasteiger partial charge in [-0.3, -0.25) is 9.59 Å². The van der Waals surface area contributed by atoms with Crippen molar-refractivity contribution in [2.24, 2.45) is 28.6 Å². The van der Waals surface area contributed by atoms with Crippen LogP contribution in [0.5, 0.6) is 0 Å². The Morgan fingerprint density at radius 1 is 1.19 bits per heavy atom. The van der Waals surface area contributed by atoms with Gasteiger partial charge >= 0.3 is 6.16 Å². The summed E-state index contributed by atoms with van der Waals surface area (Å²) in [4.78, 5) is 35.4. The van der Waals surface area contributed by atoms with Crippen LogP contribution in [0.25, 0.3) is 0 Å². The van der Waals surface area contributed by atoms with Crippen LogP contribution in [0.2, 0.25) is 0 Å². The van der Waals surface area contributed by atoms with Crippen LogP contribution in [0.4, 0.5) is 4.79 Å². The molecule has 7 heteroatoms. The zero-order valence-corrected chi connectivity index (χ0v) is 19.3. The zero-order chi connectivity index (χ0) is 22.6. The van der Waals surface area contributed by atoms with Gasteiger partial charge in [-0.2, -0.15) is 0 Å². The molecule has 0 aromatic heterocycles. The molecule has 2 unspecified atom stereocenters. The number of hydrogen-bond acceptors (Lipinski definition) is 6. The van der Waals surface area contributed by atoms with Gasteiger partial charge in [0.05, 0.1) is 0 Å². The van der Waals surface area contributed by atoms with E-state index in [9.17, 15) is 19.5 Å². The van der Waals surface area contributed by atoms with E-state index in [1.165, 1.54) is 12.5 Å². The van der Waals surface area contributed by atoms with Gasteiger partial charge in [-0.25, -0.2) is 4.79 Å². The molecule has 0 bridgehead atoms. The van der Waals surface area contributed by atoms with Crippen LogP contribution in [-0.2, 0) is 19.1 Å². The summed E-state index contributed by atoms with van der Waals surface area (Å²) >= 11 is 3.59. The zero-order valence-electron chi connectivity index (χ0n) is 18.4. The third kappa shape index (κ3) is 3.78. The monoisotopic (exact) mass is 448 g/mol. The molecular formula is C24H32O6S. The van der Waals surface area contributed by atoms with Crippen molar-refractivity contribution in [2.75, 3.05) is 0 Å². The highest BCUT2D eigenvalue weighted by Crippen LogP contribution is 2.64. The number of fused-ring (bicyclic) bond motifs is 5. The first-order valence-corrected chi connectivity index (χ1v) is 11.7. The molecule has 4 aliphatic rings. The van der Waals surface area contributed by atoms with Crippen molar-refractivity contribution in [2.45, 2.75) is 77.6 Å². The Morgan fingerprint density at radius 2 is 1.94 bits per heavy atom. The Morgan fingerprint density at radius 3 is 2.65 bits per heavy atom. The third-order valence-corrected chi connectivity index (χ3v) is 8.95. The number of ether oxygens (including phenoxy) is 2. The van der Waals surface area contributed by atoms with Gasteiger partial charge in [0, 0.05) is 10.8 Å². The summed E-state index contributed by atoms with van der Waals surface area (Å²) in [7, 11) is 0. The summed E-state index contributed by atoms with van der Waals surface area (Å²) in [5.74, 6) is 1.58. The van der Waals surface area contributed by atoms with E-state index in [2.05, 4.69) is 32.6 Å². The number of thiol groups is 1. The normalized spacial score (nSPS) is 40.7. The second-order valence-corrected chi connectivity index (χ2v) is 10.6. The summed E-state index contributed by atoms with van der Waals surface area (Å²) in [5.41, 5.74) is 1.10. The molecule has 4 rings (SSSR count). The molecule has 0 heterocycles. The van der Waals surface area contributed by atoms with Gasteiger partial charge in [-0.1, -0.05) is 25.5 Å². The molecule has 0 saturated heterocycles. The molecule has 3 fully saturated rings. The fraction of sp³-hybridized carbons (Fsp3) is 0.708. The SMILES string of the molecule is CC(OC(=O)O[C@@H]1CC[C@H]2[C@@H]3CCC4=CC(=O)C=C[C@]4(C)[C@H]3CC[C@]12C)C(O)C(=O)S. The summed E-state index contributed by atoms with van der Waals surface area (Å²) in [6, 6.07) is 0. The van der Waals surface area contributed by atoms with E-state index >= 15 is 0 Å². The topological polar surface area (TPSA) is 89.9 Å². The molecule has 3 saturated carbocycles. The number of aliphatic hydroxyl groups is 1. The summed E-state index contributed by atoms with van der Waals surface area (Å²) in [6.45, 7) is 5.94. The second kappa shape index (κ2) is 8.07. The highest BCUT2D eigenvalue weighted by molar-refractivity contribution is 7.96. The lowest BCUT2D eigenvalue weighted by atomic mass is 9.48. The van der Waals surface area contributed by atoms with Crippen molar-refractivity contribution in [1.29, 1.82) is 0 Å². The van der Waals surface area contributed by atoms with E-state index in [1.54, 1.807) is 6.08 Å². The lowest BCUT2D eigenvalue weighted by Crippen LogP contribution is -2.51. The minimum absolute atomic E-state index is 0.0546. The van der Waals surface area contributed by atoms with Crippen molar-refractivity contribution in [3.8, 4) is 0 Å². The summed E-state index contributed by atoms with van der Waals surface area (Å²) in [6.07, 6.45) is 7.90. The van der Waals surface area contributed by atoms with E-state index in [0.29, 0.717) is 17.8 Å². The number of aliphatic hydroxyl groups excluding tert-OH is 1. The first-order valence-electron chi connectivity index (χ1n) is 11.3. The van der Waals surface area contributed by atoms with Crippen LogP contribution < -0.4 is 0 Å². The van der Waals surface area contributed by atoms with Crippen molar-refractivity contribution < 1.29 is 29.0 Å². The minimum atomic E-state index is -1.47. The standard InChI is InChI=1S/C24H32O6S/c1-13(20(26)21(27)31)29-22(28)30-19-7-6-17-16-5-4-14-12-15(25)8-10-23(14,2)18(16)9-11-24(17,19)3/h8,10,12-13,16-20,26H,4-7,9,11H2,1-3H3,(H,27,31)/t13?,16-,17-,18-,19+,20?,23-,24-/m0/s1. The Hall–Kier alpha value is -1.60. The van der Waals surface area contributed by atoms with Gasteiger partial charge in [-0.15, -0.1) is 12.6 Å². The third-order valence-electron chi connectivity index (χ3n) is 8.69. The van der Waals surface area contributed by atoms with Crippen LogP contribution >= 0.6 is 12.6 Å². The lowest BCUT2D eigenvalue weighted by Gasteiger charge is -2.56. The maximum Gasteiger partial charge on any atom is 0.508 e. The number of allylic oxidation sites excluding steroid dienone is 4. The quantitative estimate of drug-likeness (QED) is 0.499. The molecule has 31 heavy (non-hydrogen) atoms. The molecule has 0 aromatic carbocycles. The molecule has 1 N–H and O–H groups in total. The van der Waals surface area contributed by atoms with E-state index in [0.717, 1.165) is 38.5 Å². The fourth-order valence-electron chi connectivity index (χ4n) is 6.90. The van der Waals surface area contributed by atoms with E-state index < -0.39 is 23.5 Å². The predicted octanol–water partition coefficient (Wildman–Crippen LogP) is 4.02. The van der Waals surface area contributed by atoms with Crippen molar-refractivity contribution >= 4 is 29.7 Å². The first kappa shape index (κ1) is 22.6. The molecule has 0 spiro atoms. The molecule has 0 amide bonds. The number of hydrogen-bond donors (Lipinski definition) is 2. The fourth-order valence-corrected chi connectivity index (χ4v) is 7.11. The van der Waals surface area contributed by atoms with Crippen LogP contribution in [0.1, 0.15) is 59.3 Å². The molecule has 6 nitrogen and oxygen atoms in total. The van der Waals surface area contributed by atoms with Crippen molar-refractivity contribution in [3.05, 3.63) is 23.8 Å². The van der Waals surface area contributed by atoms with Gasteiger partial charge in [0.25, 0.3) is 0 Å². The van der Waals surface area contributed by atoms with Gasteiger partial charge in [-0.05, 0) is 75.4 Å². The second-order valence-electron chi connectivity index (χ2n) is 10.2. The first-order chi connectivity index (χ1) is 14.6. The Labute approximate surface area is 188 Å². The smallest absolute Gasteiger partial charge is 0.430 e. The molecule has 8 atom stereocenters. The minimum Gasteiger partial charge on any atom is -0.430 e. The highest BCUT2D eigenvalue weighted by atomic mass is 32.1. The lowest BCUT2D eigenvalue weighted by molar-refractivity contribution is -0.125. The predicted molar refractivity (Wildman–Crippen MR) is 117 cm³/mol. The number of carbonyl (C=O) groups excluding carboxylic acids is 3. The largest absolute Gasteiger partial charge is 0.508 e. The molecule has 4 aliphatic carbocycles. The highest BCUT2D eigenvalue weighted by Gasteiger charge is 2.59. The van der Waals surface area contributed by atoms with Crippen molar-refractivity contribution in [3.63, 3.8) is 0 Å². The van der Waals surface area contributed by atoms with E-state index in [-0.39, 0.29) is 22.7 Å². The van der Waals surface area contributed by atoms with Crippen LogP contribution in [0.3, 0.4) is 0 Å². The Balaban J connectivity index is 1.46. The summed E-state index contributed by atoms with van der Waals surface area (Å²) < 4.78 is 10.9. The van der Waals surface area contributed by atoms with Crippen LogP contribution in [0, 0.1) is 28.6 Å². The Kier molecular flexibility index (Phi) is 5.88. The molecule has 170 valence electrons. The Bertz CT molecular complexity index is 849. The summed E-state index contributed by atoms with van der Waals surface area (Å²) in [5, 5.41) is 8.97. The van der Waals surface area contributed by atoms with E-state index in [4.69, 9.17) is 9.47 Å². The average molecular weight is 449 g/mol. The van der Waals surface area contributed by atoms with Crippen molar-refractivity contribution in [1.82, 2.24) is 0 Å².